The number of allylic oxidation sites excluding steroid dienone is 3. The Balaban J connectivity index is 2.91. The van der Waals surface area contributed by atoms with Crippen LogP contribution in [0.15, 0.2) is 22.7 Å². The van der Waals surface area contributed by atoms with Gasteiger partial charge in [0.2, 0.25) is 0 Å². The highest BCUT2D eigenvalue weighted by Gasteiger charge is 2.20. The SMILES string of the molecule is [B]C1=C(C)CC(C(=O)O)C=C1C. The summed E-state index contributed by atoms with van der Waals surface area (Å²) in [6, 6.07) is 0. The van der Waals surface area contributed by atoms with E-state index in [1.54, 1.807) is 6.08 Å². The molecular formula is C9H11BO2. The summed E-state index contributed by atoms with van der Waals surface area (Å²) in [7, 11) is 5.70. The summed E-state index contributed by atoms with van der Waals surface area (Å²) in [6.07, 6.45) is 2.25. The van der Waals surface area contributed by atoms with E-state index >= 15 is 0 Å². The van der Waals surface area contributed by atoms with Crippen LogP contribution in [-0.4, -0.2) is 18.9 Å². The second kappa shape index (κ2) is 3.17. The minimum atomic E-state index is -0.777. The molecule has 12 heavy (non-hydrogen) atoms. The summed E-state index contributed by atoms with van der Waals surface area (Å²) in [5.41, 5.74) is 2.60. The predicted octanol–water partition coefficient (Wildman–Crippen LogP) is 1.48. The number of hydrogen-bond donors (Lipinski definition) is 1. The maximum Gasteiger partial charge on any atom is 0.310 e. The maximum absolute atomic E-state index is 10.6. The highest BCUT2D eigenvalue weighted by atomic mass is 16.4. The number of carboxylic acid groups (broad SMARTS) is 1. The lowest BCUT2D eigenvalue weighted by Crippen LogP contribution is -2.16. The van der Waals surface area contributed by atoms with Crippen molar-refractivity contribution in [2.45, 2.75) is 20.3 Å². The van der Waals surface area contributed by atoms with Crippen LogP contribution in [0, 0.1) is 5.92 Å². The van der Waals surface area contributed by atoms with E-state index in [0.717, 1.165) is 16.6 Å². The molecule has 2 radical (unpaired) electrons. The molecule has 1 unspecified atom stereocenters. The molecule has 62 valence electrons. The van der Waals surface area contributed by atoms with E-state index in [4.69, 9.17) is 13.0 Å². The van der Waals surface area contributed by atoms with Gasteiger partial charge in [-0.2, -0.15) is 0 Å². The molecule has 2 nitrogen and oxygen atoms in total. The van der Waals surface area contributed by atoms with Crippen molar-refractivity contribution in [2.75, 3.05) is 0 Å². The van der Waals surface area contributed by atoms with Crippen molar-refractivity contribution in [2.24, 2.45) is 5.92 Å². The lowest BCUT2D eigenvalue weighted by molar-refractivity contribution is -0.140. The van der Waals surface area contributed by atoms with E-state index < -0.39 is 11.9 Å². The fourth-order valence-corrected chi connectivity index (χ4v) is 1.39. The summed E-state index contributed by atoms with van der Waals surface area (Å²) >= 11 is 0. The second-order valence-corrected chi connectivity index (χ2v) is 3.19. The van der Waals surface area contributed by atoms with Crippen LogP contribution in [0.1, 0.15) is 20.3 Å². The molecule has 0 amide bonds. The summed E-state index contributed by atoms with van der Waals surface area (Å²) < 4.78 is 0. The second-order valence-electron chi connectivity index (χ2n) is 3.19. The van der Waals surface area contributed by atoms with Crippen LogP contribution in [-0.2, 0) is 4.79 Å². The molecule has 0 aromatic rings. The summed E-state index contributed by atoms with van der Waals surface area (Å²) in [5, 5.41) is 8.75. The topological polar surface area (TPSA) is 37.3 Å². The minimum Gasteiger partial charge on any atom is -0.481 e. The first-order valence-corrected chi connectivity index (χ1v) is 3.89. The fourth-order valence-electron chi connectivity index (χ4n) is 1.39. The Morgan fingerprint density at radius 3 is 2.67 bits per heavy atom. The van der Waals surface area contributed by atoms with Gasteiger partial charge in [-0.1, -0.05) is 22.7 Å². The van der Waals surface area contributed by atoms with Crippen LogP contribution in [0.2, 0.25) is 0 Å². The molecule has 3 heteroatoms. The molecule has 0 aromatic heterocycles. The van der Waals surface area contributed by atoms with Crippen LogP contribution >= 0.6 is 0 Å². The van der Waals surface area contributed by atoms with Crippen LogP contribution in [0.3, 0.4) is 0 Å². The number of carbonyl (C=O) groups is 1. The van der Waals surface area contributed by atoms with E-state index in [2.05, 4.69) is 0 Å². The predicted molar refractivity (Wildman–Crippen MR) is 48.0 cm³/mol. The minimum absolute atomic E-state index is 0.391. The van der Waals surface area contributed by atoms with Gasteiger partial charge < -0.3 is 5.11 Å². The first-order chi connectivity index (χ1) is 5.52. The van der Waals surface area contributed by atoms with Crippen molar-refractivity contribution in [3.05, 3.63) is 22.7 Å². The largest absolute Gasteiger partial charge is 0.481 e. The first kappa shape index (κ1) is 9.11. The molecule has 0 heterocycles. The molecule has 0 bridgehead atoms. The van der Waals surface area contributed by atoms with Crippen LogP contribution in [0.25, 0.3) is 0 Å². The Kier molecular flexibility index (Phi) is 2.41. The van der Waals surface area contributed by atoms with E-state index in [9.17, 15) is 4.79 Å². The Hall–Kier alpha value is -0.985. The molecule has 0 saturated carbocycles. The van der Waals surface area contributed by atoms with Gasteiger partial charge in [-0.15, -0.1) is 0 Å². The van der Waals surface area contributed by atoms with Crippen molar-refractivity contribution in [1.82, 2.24) is 0 Å². The van der Waals surface area contributed by atoms with E-state index in [1.165, 1.54) is 0 Å². The monoisotopic (exact) mass is 162 g/mol. The molecule has 0 fully saturated rings. The Bertz CT molecular complexity index is 276. The van der Waals surface area contributed by atoms with E-state index in [1.807, 2.05) is 13.8 Å². The number of hydrogen-bond acceptors (Lipinski definition) is 1. The Morgan fingerprint density at radius 1 is 1.67 bits per heavy atom. The summed E-state index contributed by atoms with van der Waals surface area (Å²) in [4.78, 5) is 10.6. The Morgan fingerprint density at radius 2 is 2.25 bits per heavy atom. The van der Waals surface area contributed by atoms with Crippen molar-refractivity contribution in [3.8, 4) is 0 Å². The van der Waals surface area contributed by atoms with Gasteiger partial charge in [0, 0.05) is 0 Å². The highest BCUT2D eigenvalue weighted by molar-refractivity contribution is 6.24. The number of rotatable bonds is 1. The van der Waals surface area contributed by atoms with Crippen LogP contribution in [0.5, 0.6) is 0 Å². The molecule has 0 spiro atoms. The first-order valence-electron chi connectivity index (χ1n) is 3.89. The van der Waals surface area contributed by atoms with Gasteiger partial charge in [-0.3, -0.25) is 4.79 Å². The lowest BCUT2D eigenvalue weighted by atomic mass is 9.77. The highest BCUT2D eigenvalue weighted by Crippen LogP contribution is 2.26. The number of aliphatic carboxylic acids is 1. The third-order valence-corrected chi connectivity index (χ3v) is 2.18. The van der Waals surface area contributed by atoms with Crippen molar-refractivity contribution < 1.29 is 9.90 Å². The fraction of sp³-hybridized carbons (Fsp3) is 0.444. The van der Waals surface area contributed by atoms with Gasteiger partial charge in [-0.25, -0.2) is 0 Å². The lowest BCUT2D eigenvalue weighted by Gasteiger charge is -2.19. The molecule has 1 atom stereocenters. The smallest absolute Gasteiger partial charge is 0.310 e. The zero-order valence-electron chi connectivity index (χ0n) is 7.29. The normalized spacial score (nSPS) is 23.8. The summed E-state index contributed by atoms with van der Waals surface area (Å²) in [5.74, 6) is -1.17. The van der Waals surface area contributed by atoms with E-state index in [0.29, 0.717) is 6.42 Å². The van der Waals surface area contributed by atoms with Gasteiger partial charge in [0.25, 0.3) is 0 Å². The zero-order chi connectivity index (χ0) is 9.30. The Labute approximate surface area is 73.4 Å². The number of carboxylic acids is 1. The molecule has 0 saturated heterocycles. The van der Waals surface area contributed by atoms with Crippen molar-refractivity contribution >= 4 is 13.8 Å². The molecule has 1 rings (SSSR count). The molecular weight excluding hydrogens is 151 g/mol. The molecule has 1 aliphatic rings. The zero-order valence-corrected chi connectivity index (χ0v) is 7.29. The average Bonchev–Trinajstić information content (AvgIpc) is 1.99. The molecule has 0 aromatic carbocycles. The van der Waals surface area contributed by atoms with Gasteiger partial charge in [-0.05, 0) is 20.3 Å². The molecule has 0 aliphatic heterocycles. The quantitative estimate of drug-likeness (QED) is 0.593. The standard InChI is InChI=1S/C9H11BO2/c1-5-3-7(9(11)12)4-6(2)8(5)10/h3,7H,4H2,1-2H3,(H,11,12). The third kappa shape index (κ3) is 1.60. The van der Waals surface area contributed by atoms with Gasteiger partial charge in [0.1, 0.15) is 7.85 Å². The van der Waals surface area contributed by atoms with Gasteiger partial charge >= 0.3 is 5.97 Å². The van der Waals surface area contributed by atoms with Crippen molar-refractivity contribution in [1.29, 1.82) is 0 Å². The van der Waals surface area contributed by atoms with Crippen LogP contribution < -0.4 is 0 Å². The van der Waals surface area contributed by atoms with Gasteiger partial charge in [0.15, 0.2) is 0 Å². The van der Waals surface area contributed by atoms with E-state index in [-0.39, 0.29) is 0 Å². The molecule has 1 N–H and O–H groups in total. The van der Waals surface area contributed by atoms with Gasteiger partial charge in [0.05, 0.1) is 5.92 Å². The average molecular weight is 162 g/mol. The van der Waals surface area contributed by atoms with Crippen LogP contribution in [0.4, 0.5) is 0 Å². The summed E-state index contributed by atoms with van der Waals surface area (Å²) in [6.45, 7) is 3.72. The third-order valence-electron chi connectivity index (χ3n) is 2.18. The molecule has 1 aliphatic carbocycles. The van der Waals surface area contributed by atoms with Crippen molar-refractivity contribution in [3.63, 3.8) is 0 Å². The maximum atomic E-state index is 10.6.